The Labute approximate surface area is 138 Å². The number of aryl methyl sites for hydroxylation is 1. The highest BCUT2D eigenvalue weighted by Gasteiger charge is 2.15. The van der Waals surface area contributed by atoms with Crippen LogP contribution in [0.15, 0.2) is 54.6 Å². The van der Waals surface area contributed by atoms with Crippen LogP contribution in [0.4, 0.5) is 0 Å². The van der Waals surface area contributed by atoms with Crippen molar-refractivity contribution in [2.45, 2.75) is 19.9 Å². The number of likely N-dealkylation sites (N-methyl/N-ethyl adjacent to an activating group) is 1. The van der Waals surface area contributed by atoms with Crippen LogP contribution in [0.25, 0.3) is 6.08 Å². The summed E-state index contributed by atoms with van der Waals surface area (Å²) in [5.41, 5.74) is 3.15. The first-order valence-electron chi connectivity index (χ1n) is 7.67. The fourth-order valence-electron chi connectivity index (χ4n) is 2.41. The van der Waals surface area contributed by atoms with E-state index in [4.69, 9.17) is 4.74 Å². The Morgan fingerprint density at radius 2 is 1.87 bits per heavy atom. The highest BCUT2D eigenvalue weighted by molar-refractivity contribution is 5.92. The minimum absolute atomic E-state index is 0.0211. The van der Waals surface area contributed by atoms with Gasteiger partial charge in [0, 0.05) is 18.7 Å². The Bertz CT molecular complexity index is 692. The van der Waals surface area contributed by atoms with Crippen LogP contribution in [0.3, 0.4) is 0 Å². The van der Waals surface area contributed by atoms with Crippen LogP contribution >= 0.6 is 0 Å². The molecule has 0 aromatic heterocycles. The minimum atomic E-state index is -0.0371. The third-order valence-electron chi connectivity index (χ3n) is 4.00. The van der Waals surface area contributed by atoms with E-state index < -0.39 is 0 Å². The van der Waals surface area contributed by atoms with Crippen molar-refractivity contribution < 1.29 is 9.53 Å². The smallest absolute Gasteiger partial charge is 0.246 e. The van der Waals surface area contributed by atoms with Crippen LogP contribution < -0.4 is 4.74 Å². The predicted molar refractivity (Wildman–Crippen MR) is 94.4 cm³/mol. The molecule has 2 rings (SSSR count). The summed E-state index contributed by atoms with van der Waals surface area (Å²) in [6.45, 7) is 4.04. The van der Waals surface area contributed by atoms with E-state index in [2.05, 4.69) is 0 Å². The highest BCUT2D eigenvalue weighted by Crippen LogP contribution is 2.22. The standard InChI is InChI=1S/C20H23NO2/c1-15-10-12-19(23-4)18(14-15)11-13-20(22)21(3)16(2)17-8-6-5-7-9-17/h5-14,16H,1-4H3/b13-11+. The van der Waals surface area contributed by atoms with Gasteiger partial charge in [0.1, 0.15) is 5.75 Å². The molecule has 23 heavy (non-hydrogen) atoms. The average molecular weight is 309 g/mol. The van der Waals surface area contributed by atoms with Gasteiger partial charge in [0.05, 0.1) is 13.2 Å². The number of carbonyl (C=O) groups is 1. The Balaban J connectivity index is 2.13. The van der Waals surface area contributed by atoms with Crippen LogP contribution in [0.2, 0.25) is 0 Å². The van der Waals surface area contributed by atoms with Crippen molar-refractivity contribution in [3.63, 3.8) is 0 Å². The van der Waals surface area contributed by atoms with Gasteiger partial charge in [0.2, 0.25) is 5.91 Å². The number of amides is 1. The van der Waals surface area contributed by atoms with E-state index in [0.29, 0.717) is 0 Å². The van der Waals surface area contributed by atoms with E-state index >= 15 is 0 Å². The number of carbonyl (C=O) groups excluding carboxylic acids is 1. The number of nitrogens with zero attached hydrogens (tertiary/aromatic N) is 1. The molecule has 0 radical (unpaired) electrons. The number of hydrogen-bond donors (Lipinski definition) is 0. The van der Waals surface area contributed by atoms with E-state index in [-0.39, 0.29) is 11.9 Å². The predicted octanol–water partition coefficient (Wildman–Crippen LogP) is 4.24. The minimum Gasteiger partial charge on any atom is -0.496 e. The molecule has 1 unspecified atom stereocenters. The lowest BCUT2D eigenvalue weighted by Crippen LogP contribution is -2.27. The maximum absolute atomic E-state index is 12.4. The van der Waals surface area contributed by atoms with E-state index in [0.717, 1.165) is 22.4 Å². The number of rotatable bonds is 5. The summed E-state index contributed by atoms with van der Waals surface area (Å²) in [7, 11) is 3.45. The third kappa shape index (κ3) is 4.22. The molecule has 0 spiro atoms. The number of ether oxygens (including phenoxy) is 1. The van der Waals surface area contributed by atoms with Gasteiger partial charge < -0.3 is 9.64 Å². The molecule has 0 bridgehead atoms. The molecule has 0 aliphatic carbocycles. The second-order valence-corrected chi connectivity index (χ2v) is 5.61. The molecule has 3 heteroatoms. The van der Waals surface area contributed by atoms with Crippen LogP contribution in [0.1, 0.15) is 29.7 Å². The first-order chi connectivity index (χ1) is 11.0. The second kappa shape index (κ2) is 7.63. The Morgan fingerprint density at radius 3 is 2.52 bits per heavy atom. The van der Waals surface area contributed by atoms with Crippen LogP contribution in [0, 0.1) is 6.92 Å². The van der Waals surface area contributed by atoms with Gasteiger partial charge in [-0.3, -0.25) is 4.79 Å². The van der Waals surface area contributed by atoms with Crippen molar-refractivity contribution in [2.24, 2.45) is 0 Å². The van der Waals surface area contributed by atoms with Crippen molar-refractivity contribution in [2.75, 3.05) is 14.2 Å². The number of methoxy groups -OCH3 is 1. The molecule has 0 aliphatic heterocycles. The molecule has 2 aromatic rings. The van der Waals surface area contributed by atoms with Gasteiger partial charge in [-0.05, 0) is 37.6 Å². The van der Waals surface area contributed by atoms with E-state index in [1.165, 1.54) is 0 Å². The van der Waals surface area contributed by atoms with E-state index in [1.807, 2.05) is 75.5 Å². The molecule has 0 fully saturated rings. The van der Waals surface area contributed by atoms with Crippen LogP contribution in [-0.2, 0) is 4.79 Å². The molecule has 0 aliphatic rings. The summed E-state index contributed by atoms with van der Waals surface area (Å²) in [4.78, 5) is 14.1. The first-order valence-corrected chi connectivity index (χ1v) is 7.67. The topological polar surface area (TPSA) is 29.5 Å². The van der Waals surface area contributed by atoms with Crippen LogP contribution in [-0.4, -0.2) is 25.0 Å². The first kappa shape index (κ1) is 16.8. The van der Waals surface area contributed by atoms with Gasteiger partial charge in [-0.2, -0.15) is 0 Å². The SMILES string of the molecule is COc1ccc(C)cc1/C=C/C(=O)N(C)C(C)c1ccccc1. The zero-order valence-electron chi connectivity index (χ0n) is 14.1. The lowest BCUT2D eigenvalue weighted by molar-refractivity contribution is -0.126. The Kier molecular flexibility index (Phi) is 5.58. The lowest BCUT2D eigenvalue weighted by atomic mass is 10.1. The molecule has 0 N–H and O–H groups in total. The molecule has 3 nitrogen and oxygen atoms in total. The fraction of sp³-hybridized carbons (Fsp3) is 0.250. The maximum atomic E-state index is 12.4. The molecule has 0 heterocycles. The van der Waals surface area contributed by atoms with Crippen molar-refractivity contribution >= 4 is 12.0 Å². The molecule has 2 aromatic carbocycles. The van der Waals surface area contributed by atoms with Crippen molar-refractivity contribution in [1.29, 1.82) is 0 Å². The summed E-state index contributed by atoms with van der Waals surface area (Å²) in [6, 6.07) is 15.9. The molecule has 120 valence electrons. The van der Waals surface area contributed by atoms with E-state index in [1.54, 1.807) is 18.1 Å². The molecule has 0 saturated carbocycles. The normalized spacial score (nSPS) is 12.2. The zero-order chi connectivity index (χ0) is 16.8. The van der Waals surface area contributed by atoms with Crippen LogP contribution in [0.5, 0.6) is 5.75 Å². The third-order valence-corrected chi connectivity index (χ3v) is 4.00. The Hall–Kier alpha value is -2.55. The van der Waals surface area contributed by atoms with E-state index in [9.17, 15) is 4.79 Å². The second-order valence-electron chi connectivity index (χ2n) is 5.61. The number of hydrogen-bond acceptors (Lipinski definition) is 2. The van der Waals surface area contributed by atoms with Crippen molar-refractivity contribution in [1.82, 2.24) is 4.90 Å². The average Bonchev–Trinajstić information content (AvgIpc) is 2.59. The van der Waals surface area contributed by atoms with Gasteiger partial charge in [0.25, 0.3) is 0 Å². The fourth-order valence-corrected chi connectivity index (χ4v) is 2.41. The number of benzene rings is 2. The van der Waals surface area contributed by atoms with Gasteiger partial charge in [-0.15, -0.1) is 0 Å². The zero-order valence-corrected chi connectivity index (χ0v) is 14.1. The molecular weight excluding hydrogens is 286 g/mol. The Morgan fingerprint density at radius 1 is 1.17 bits per heavy atom. The monoisotopic (exact) mass is 309 g/mol. The molecular formula is C20H23NO2. The van der Waals surface area contributed by atoms with Gasteiger partial charge in [-0.25, -0.2) is 0 Å². The summed E-state index contributed by atoms with van der Waals surface area (Å²) >= 11 is 0. The summed E-state index contributed by atoms with van der Waals surface area (Å²) < 4.78 is 5.33. The van der Waals surface area contributed by atoms with Gasteiger partial charge >= 0.3 is 0 Å². The summed E-state index contributed by atoms with van der Waals surface area (Å²) in [5, 5.41) is 0. The van der Waals surface area contributed by atoms with Crippen molar-refractivity contribution in [3.8, 4) is 5.75 Å². The largest absolute Gasteiger partial charge is 0.496 e. The van der Waals surface area contributed by atoms with Gasteiger partial charge in [-0.1, -0.05) is 42.0 Å². The highest BCUT2D eigenvalue weighted by atomic mass is 16.5. The molecule has 0 saturated heterocycles. The van der Waals surface area contributed by atoms with Crippen molar-refractivity contribution in [3.05, 3.63) is 71.3 Å². The summed E-state index contributed by atoms with van der Waals surface area (Å²) in [6.07, 6.45) is 3.40. The molecule has 1 atom stereocenters. The van der Waals surface area contributed by atoms with Gasteiger partial charge in [0.15, 0.2) is 0 Å². The quantitative estimate of drug-likeness (QED) is 0.773. The lowest BCUT2D eigenvalue weighted by Gasteiger charge is -2.24. The molecule has 1 amide bonds. The summed E-state index contributed by atoms with van der Waals surface area (Å²) in [5.74, 6) is 0.725. The maximum Gasteiger partial charge on any atom is 0.246 e.